The summed E-state index contributed by atoms with van der Waals surface area (Å²) in [7, 11) is 0. The third-order valence-electron chi connectivity index (χ3n) is 26.5. The van der Waals surface area contributed by atoms with Gasteiger partial charge >= 0.3 is 47.8 Å². The van der Waals surface area contributed by atoms with Crippen molar-refractivity contribution in [1.82, 2.24) is 0 Å². The highest BCUT2D eigenvalue weighted by Gasteiger charge is 2.41. The molecule has 716 valence electrons. The fourth-order valence-electron chi connectivity index (χ4n) is 13.4. The number of hydrogen-bond acceptors (Lipinski definition) is 20. The molecule has 20 heteroatoms. The lowest BCUT2D eigenvalue weighted by atomic mass is 9.71. The van der Waals surface area contributed by atoms with Gasteiger partial charge in [0.2, 0.25) is 0 Å². The normalized spacial score (nSPS) is 20.1. The molecule has 2 aromatic carbocycles. The fourth-order valence-corrected chi connectivity index (χ4v) is 13.4. The molecular formula is C104H180O20. The Morgan fingerprint density at radius 3 is 1.20 bits per heavy atom. The van der Waals surface area contributed by atoms with Gasteiger partial charge in [-0.3, -0.25) is 38.4 Å². The molecule has 4 unspecified atom stereocenters. The topological polar surface area (TPSA) is 247 Å². The fraction of sp³-hybridized carbons (Fsp3) is 0.808. The summed E-state index contributed by atoms with van der Waals surface area (Å²) in [5.41, 5.74) is -2.04. The second-order valence-electron chi connectivity index (χ2n) is 42.1. The van der Waals surface area contributed by atoms with Crippen molar-refractivity contribution in [3.8, 4) is 11.5 Å². The van der Waals surface area contributed by atoms with Crippen LogP contribution in [-0.4, -0.2) is 132 Å². The van der Waals surface area contributed by atoms with Crippen LogP contribution in [0.25, 0.3) is 0 Å². The zero-order valence-electron chi connectivity index (χ0n) is 84.0. The lowest BCUT2D eigenvalue weighted by Crippen LogP contribution is -2.42. The Bertz CT molecular complexity index is 3290. The van der Waals surface area contributed by atoms with Gasteiger partial charge in [0.15, 0.2) is 0 Å². The van der Waals surface area contributed by atoms with Gasteiger partial charge in [0.1, 0.15) is 62.5 Å². The highest BCUT2D eigenvalue weighted by molar-refractivity contribution is 5.79. The predicted octanol–water partition coefficient (Wildman–Crippen LogP) is 25.4. The van der Waals surface area contributed by atoms with Gasteiger partial charge in [0.25, 0.3) is 0 Å². The second-order valence-corrected chi connectivity index (χ2v) is 42.1. The molecule has 0 bridgehead atoms. The molecule has 0 N–H and O–H groups in total. The molecule has 2 saturated heterocycles. The zero-order valence-corrected chi connectivity index (χ0v) is 84.0. The minimum atomic E-state index is -0.411. The van der Waals surface area contributed by atoms with Crippen LogP contribution in [0, 0.1) is 77.8 Å². The molecule has 0 amide bonds. The smallest absolute Gasteiger partial charge is 0.316 e. The molecule has 8 rings (SSSR count). The van der Waals surface area contributed by atoms with E-state index >= 15 is 0 Å². The van der Waals surface area contributed by atoms with E-state index in [1.165, 1.54) is 57.8 Å². The van der Waals surface area contributed by atoms with Gasteiger partial charge < -0.3 is 56.8 Å². The standard InChI is InChI=1S/C16H30O2.C15H28O2.C14H20O3.C13H24O4.C12H22O2.C12H16O2.C11H20O3.C11H20O2/c1-7-16(5,6)14(17)18-13-10-8-12(9-11-13)15(2,3)4;1-7-15(5,6)13(16)17-12-8-11(2)9-14(3,4)10-12;1-4-14(2,3)13(15)17-11-10-16-12-8-6-5-7-9-12;1-5-12(3,4)11(14)17-9-13(6-2)7-15-10-16-8-13;2*1-4-12(2,3)11(13)14-10-8-6-5-7-9-10;1-4-11(2,3)10(12)14-8-9-5-6-13-7-9;1-3-9(2)11(12)13-10-7-5-4-6-8-10/h12-13H,7-11H2,1-6H3;11-12H,7-10H2,1-6H3;5-9H,4,10-11H2,1-3H3;5-10H2,1-4H3;10H,4-9H2,1-3H3;5-9H,4H2,1-3H3;9H,4-8H2,1-3H3;9-10H,3-8H2,1-2H3. The molecule has 20 nitrogen and oxygen atoms in total. The molecule has 124 heavy (non-hydrogen) atoms. The summed E-state index contributed by atoms with van der Waals surface area (Å²) in [6, 6.07) is 18.6. The van der Waals surface area contributed by atoms with Crippen molar-refractivity contribution in [3.05, 3.63) is 60.7 Å². The Balaban J connectivity index is 0.000000710. The Hall–Kier alpha value is -6.12. The maximum atomic E-state index is 12.1. The third kappa shape index (κ3) is 45.7. The first-order chi connectivity index (χ1) is 57.8. The van der Waals surface area contributed by atoms with Gasteiger partial charge in [0.05, 0.1) is 75.7 Å². The Labute approximate surface area is 754 Å². The third-order valence-corrected chi connectivity index (χ3v) is 26.5. The van der Waals surface area contributed by atoms with E-state index in [9.17, 15) is 38.4 Å². The van der Waals surface area contributed by atoms with Gasteiger partial charge in [-0.15, -0.1) is 0 Å². The maximum Gasteiger partial charge on any atom is 0.316 e. The van der Waals surface area contributed by atoms with Crippen LogP contribution >= 0.6 is 0 Å². The number of ether oxygens (including phenoxy) is 12. The van der Waals surface area contributed by atoms with E-state index in [-0.39, 0.29) is 112 Å². The summed E-state index contributed by atoms with van der Waals surface area (Å²) in [4.78, 5) is 94.0. The second kappa shape index (κ2) is 57.0. The summed E-state index contributed by atoms with van der Waals surface area (Å²) < 4.78 is 64.6. The monoisotopic (exact) mass is 1750 g/mol. The highest BCUT2D eigenvalue weighted by Crippen LogP contribution is 2.42. The maximum absolute atomic E-state index is 12.1. The van der Waals surface area contributed by atoms with Crippen molar-refractivity contribution < 1.29 is 95.2 Å². The van der Waals surface area contributed by atoms with Crippen molar-refractivity contribution >= 4 is 47.8 Å². The van der Waals surface area contributed by atoms with Crippen LogP contribution in [0.2, 0.25) is 0 Å². The van der Waals surface area contributed by atoms with Crippen molar-refractivity contribution in [1.29, 1.82) is 0 Å². The quantitative estimate of drug-likeness (QED) is 0.0305. The van der Waals surface area contributed by atoms with Crippen molar-refractivity contribution in [2.45, 2.75) is 405 Å². The number of para-hydroxylation sites is 2. The van der Waals surface area contributed by atoms with E-state index in [4.69, 9.17) is 56.8 Å². The Morgan fingerprint density at radius 2 is 0.806 bits per heavy atom. The van der Waals surface area contributed by atoms with Crippen molar-refractivity contribution in [3.63, 3.8) is 0 Å². The van der Waals surface area contributed by atoms with E-state index in [0.29, 0.717) is 68.2 Å². The summed E-state index contributed by atoms with van der Waals surface area (Å²) >= 11 is 0. The van der Waals surface area contributed by atoms with Crippen LogP contribution in [0.15, 0.2) is 60.7 Å². The predicted molar refractivity (Wildman–Crippen MR) is 497 cm³/mol. The SMILES string of the molecule is CCC(C)(C)C(=O)OC1CC(C)CC(C)(C)C1.CCC(C)(C)C(=O)OC1CCC(C(C)(C)C)CC1.CCC(C)(C)C(=O)OC1CCCCC1.CCC(C)(C)C(=O)OCC1CCOC1.CCC(C)(C)C(=O)OCCOc1ccccc1.CCC(C)(C)C(=O)Oc1ccccc1.CCC(C)C(=O)OC1CCCCC1.CCC1(COC(=O)C(C)(C)CC)COCOC1. The van der Waals surface area contributed by atoms with Gasteiger partial charge in [-0.05, 0) is 304 Å². The molecular weight excluding hydrogens is 1570 g/mol. The van der Waals surface area contributed by atoms with Gasteiger partial charge in [-0.1, -0.05) is 160 Å². The molecule has 6 fully saturated rings. The van der Waals surface area contributed by atoms with Crippen LogP contribution in [-0.2, 0) is 85.7 Å². The molecule has 4 saturated carbocycles. The Kier molecular flexibility index (Phi) is 53.3. The molecule has 6 aliphatic rings. The number of esters is 8. The van der Waals surface area contributed by atoms with E-state index in [1.807, 2.05) is 208 Å². The van der Waals surface area contributed by atoms with E-state index in [1.54, 1.807) is 12.1 Å². The molecule has 0 aromatic heterocycles. The minimum Gasteiger partial charge on any atom is -0.490 e. The summed E-state index contributed by atoms with van der Waals surface area (Å²) in [6.07, 6.45) is 28.5. The van der Waals surface area contributed by atoms with Crippen LogP contribution in [0.1, 0.15) is 381 Å². The first-order valence-corrected chi connectivity index (χ1v) is 47.8. The van der Waals surface area contributed by atoms with Crippen LogP contribution in [0.5, 0.6) is 11.5 Å². The molecule has 2 aliphatic heterocycles. The molecule has 2 heterocycles. The molecule has 4 aliphatic carbocycles. The van der Waals surface area contributed by atoms with Crippen LogP contribution in [0.4, 0.5) is 0 Å². The van der Waals surface area contributed by atoms with Gasteiger partial charge in [-0.2, -0.15) is 0 Å². The molecule has 2 aromatic rings. The molecule has 0 spiro atoms. The zero-order chi connectivity index (χ0) is 94.4. The minimum absolute atomic E-state index is 0.00519. The van der Waals surface area contributed by atoms with E-state index in [2.05, 4.69) is 48.5 Å². The number of carbonyl (C=O) groups excluding carboxylic acids is 8. The first kappa shape index (κ1) is 116. The highest BCUT2D eigenvalue weighted by atomic mass is 16.7. The Morgan fingerprint density at radius 1 is 0.419 bits per heavy atom. The largest absolute Gasteiger partial charge is 0.490 e. The average molecular weight is 1750 g/mol. The number of carbonyl (C=O) groups is 8. The number of benzene rings is 2. The number of hydrogen-bond donors (Lipinski definition) is 0. The number of rotatable bonds is 30. The lowest BCUT2D eigenvalue weighted by molar-refractivity contribution is -0.191. The molecule has 0 radical (unpaired) electrons. The van der Waals surface area contributed by atoms with E-state index in [0.717, 1.165) is 140 Å². The lowest BCUT2D eigenvalue weighted by Gasteiger charge is -2.39. The van der Waals surface area contributed by atoms with Gasteiger partial charge in [-0.25, -0.2) is 0 Å². The summed E-state index contributed by atoms with van der Waals surface area (Å²) in [6.45, 7) is 65.4. The first-order valence-electron chi connectivity index (χ1n) is 47.8. The molecule has 4 atom stereocenters. The summed E-state index contributed by atoms with van der Waals surface area (Å²) in [5, 5.41) is 0. The van der Waals surface area contributed by atoms with Gasteiger partial charge in [0, 0.05) is 12.5 Å². The van der Waals surface area contributed by atoms with Crippen molar-refractivity contribution in [2.24, 2.45) is 77.8 Å². The average Bonchev–Trinajstić information content (AvgIpc) is 0.951. The van der Waals surface area contributed by atoms with E-state index < -0.39 is 16.2 Å². The van der Waals surface area contributed by atoms with Crippen LogP contribution in [0.3, 0.4) is 0 Å². The van der Waals surface area contributed by atoms with Crippen LogP contribution < -0.4 is 9.47 Å². The summed E-state index contributed by atoms with van der Waals surface area (Å²) in [5.74, 6) is 2.65. The van der Waals surface area contributed by atoms with Crippen molar-refractivity contribution in [2.75, 3.05) is 59.6 Å².